The first-order chi connectivity index (χ1) is 11.7. The minimum Gasteiger partial charge on any atom is -0.476 e. The highest BCUT2D eigenvalue weighted by atomic mass is 16.5. The van der Waals surface area contributed by atoms with Crippen LogP contribution in [0.5, 0.6) is 5.75 Å². The predicted octanol–water partition coefficient (Wildman–Crippen LogP) is 2.73. The van der Waals surface area contributed by atoms with Gasteiger partial charge in [-0.25, -0.2) is 4.98 Å². The van der Waals surface area contributed by atoms with E-state index < -0.39 is 6.10 Å². The molecule has 124 valence electrons. The highest BCUT2D eigenvalue weighted by molar-refractivity contribution is 5.98. The molecule has 1 aromatic heterocycles. The van der Waals surface area contributed by atoms with Crippen LogP contribution >= 0.6 is 0 Å². The van der Waals surface area contributed by atoms with Crippen molar-refractivity contribution in [2.75, 3.05) is 12.4 Å². The predicted molar refractivity (Wildman–Crippen MR) is 91.7 cm³/mol. The van der Waals surface area contributed by atoms with Gasteiger partial charge in [-0.15, -0.1) is 0 Å². The molecular weight excluding hydrogens is 304 g/mol. The van der Waals surface area contributed by atoms with Gasteiger partial charge in [-0.2, -0.15) is 5.26 Å². The van der Waals surface area contributed by atoms with Crippen LogP contribution in [0.2, 0.25) is 0 Å². The van der Waals surface area contributed by atoms with E-state index in [0.29, 0.717) is 30.1 Å². The van der Waals surface area contributed by atoms with Gasteiger partial charge in [-0.3, -0.25) is 4.79 Å². The summed E-state index contributed by atoms with van der Waals surface area (Å²) in [6.07, 6.45) is 1.80. The van der Waals surface area contributed by atoms with Crippen molar-refractivity contribution in [1.29, 1.82) is 5.26 Å². The average molecular weight is 324 g/mol. The molecule has 1 amide bonds. The molecule has 2 N–H and O–H groups in total. The lowest BCUT2D eigenvalue weighted by atomic mass is 10.2. The number of rotatable bonds is 7. The molecule has 6 heteroatoms. The number of pyridine rings is 1. The van der Waals surface area contributed by atoms with E-state index in [1.165, 1.54) is 0 Å². The molecule has 1 heterocycles. The van der Waals surface area contributed by atoms with Crippen LogP contribution in [0.15, 0.2) is 42.6 Å². The Morgan fingerprint density at radius 2 is 2.21 bits per heavy atom. The van der Waals surface area contributed by atoms with Crippen molar-refractivity contribution < 1.29 is 9.53 Å². The van der Waals surface area contributed by atoms with Crippen molar-refractivity contribution in [3.63, 3.8) is 0 Å². The Kier molecular flexibility index (Phi) is 6.15. The van der Waals surface area contributed by atoms with E-state index in [1.807, 2.05) is 31.2 Å². The molecule has 2 aromatic rings. The zero-order valence-corrected chi connectivity index (χ0v) is 13.7. The molecule has 0 aliphatic carbocycles. The molecule has 1 atom stereocenters. The number of hydrogen-bond acceptors (Lipinski definition) is 5. The van der Waals surface area contributed by atoms with E-state index in [9.17, 15) is 4.79 Å². The Labute approximate surface area is 141 Å². The third kappa shape index (κ3) is 4.46. The second-order valence-electron chi connectivity index (χ2n) is 5.12. The van der Waals surface area contributed by atoms with Gasteiger partial charge in [0, 0.05) is 19.8 Å². The van der Waals surface area contributed by atoms with Crippen molar-refractivity contribution in [1.82, 2.24) is 10.3 Å². The minimum absolute atomic E-state index is 0.192. The molecule has 0 spiro atoms. The largest absolute Gasteiger partial charge is 0.476 e. The maximum atomic E-state index is 11.8. The summed E-state index contributed by atoms with van der Waals surface area (Å²) in [4.78, 5) is 16.1. The van der Waals surface area contributed by atoms with Gasteiger partial charge < -0.3 is 15.4 Å². The highest BCUT2D eigenvalue weighted by Gasteiger charge is 2.10. The molecule has 0 fully saturated rings. The van der Waals surface area contributed by atoms with Crippen LogP contribution in [-0.4, -0.2) is 24.0 Å². The fourth-order valence-electron chi connectivity index (χ4n) is 2.14. The Morgan fingerprint density at radius 3 is 2.92 bits per heavy atom. The minimum atomic E-state index is -0.455. The molecule has 0 unspecified atom stereocenters. The summed E-state index contributed by atoms with van der Waals surface area (Å²) >= 11 is 0. The van der Waals surface area contributed by atoms with Crippen molar-refractivity contribution >= 4 is 11.7 Å². The van der Waals surface area contributed by atoms with Crippen molar-refractivity contribution in [3.05, 3.63) is 53.7 Å². The fraction of sp³-hybridized carbons (Fsp3) is 0.278. The zero-order chi connectivity index (χ0) is 17.4. The van der Waals surface area contributed by atoms with Crippen LogP contribution in [0.3, 0.4) is 0 Å². The van der Waals surface area contributed by atoms with E-state index in [1.54, 1.807) is 25.4 Å². The van der Waals surface area contributed by atoms with Gasteiger partial charge in [0.15, 0.2) is 6.10 Å². The lowest BCUT2D eigenvalue weighted by molar-refractivity contribution is 0.0963. The lowest BCUT2D eigenvalue weighted by Gasteiger charge is -2.13. The average Bonchev–Trinajstić information content (AvgIpc) is 2.64. The van der Waals surface area contributed by atoms with Crippen molar-refractivity contribution in [3.8, 4) is 11.8 Å². The molecule has 0 bridgehead atoms. The Hall–Kier alpha value is -3.07. The van der Waals surface area contributed by atoms with Crippen LogP contribution in [-0.2, 0) is 6.54 Å². The number of carbonyl (C=O) groups is 1. The zero-order valence-electron chi connectivity index (χ0n) is 13.7. The normalized spacial score (nSPS) is 11.2. The van der Waals surface area contributed by atoms with E-state index in [2.05, 4.69) is 21.7 Å². The van der Waals surface area contributed by atoms with E-state index in [0.717, 1.165) is 5.56 Å². The monoisotopic (exact) mass is 324 g/mol. The number of nitrogens with one attached hydrogen (secondary N) is 2. The molecule has 24 heavy (non-hydrogen) atoms. The SMILES string of the molecule is CC[C@H](C#N)Oc1cccc(CNc2ncccc2C(=O)NC)c1. The maximum absolute atomic E-state index is 11.8. The molecular formula is C18H20N4O2. The number of anilines is 1. The van der Waals surface area contributed by atoms with Gasteiger partial charge in [0.2, 0.25) is 0 Å². The molecule has 0 saturated carbocycles. The van der Waals surface area contributed by atoms with Crippen LogP contribution in [0.1, 0.15) is 29.3 Å². The second kappa shape index (κ2) is 8.53. The molecule has 0 aliphatic heterocycles. The van der Waals surface area contributed by atoms with E-state index in [4.69, 9.17) is 10.00 Å². The van der Waals surface area contributed by atoms with Gasteiger partial charge in [0.1, 0.15) is 17.6 Å². The number of hydrogen-bond donors (Lipinski definition) is 2. The number of amides is 1. The molecule has 6 nitrogen and oxygen atoms in total. The number of nitriles is 1. The molecule has 0 radical (unpaired) electrons. The summed E-state index contributed by atoms with van der Waals surface area (Å²) in [5, 5.41) is 14.7. The van der Waals surface area contributed by atoms with Crippen LogP contribution in [0.25, 0.3) is 0 Å². The first-order valence-corrected chi connectivity index (χ1v) is 7.74. The van der Waals surface area contributed by atoms with E-state index in [-0.39, 0.29) is 5.91 Å². The molecule has 0 saturated heterocycles. The number of nitrogens with zero attached hydrogens (tertiary/aromatic N) is 2. The van der Waals surface area contributed by atoms with Gasteiger partial charge in [0.05, 0.1) is 5.56 Å². The first-order valence-electron chi connectivity index (χ1n) is 7.74. The number of benzene rings is 1. The summed E-state index contributed by atoms with van der Waals surface area (Å²) in [5.41, 5.74) is 1.46. The standard InChI is InChI=1S/C18H20N4O2/c1-3-14(11-19)24-15-7-4-6-13(10-15)12-22-17-16(18(23)20-2)8-5-9-21-17/h4-10,14H,3,12H2,1-2H3,(H,20,23)(H,21,22)/t14-/m1/s1. The first kappa shape index (κ1) is 17.3. The Balaban J connectivity index is 2.08. The van der Waals surface area contributed by atoms with Crippen LogP contribution in [0.4, 0.5) is 5.82 Å². The Morgan fingerprint density at radius 1 is 1.38 bits per heavy atom. The van der Waals surface area contributed by atoms with Gasteiger partial charge in [0.25, 0.3) is 5.91 Å². The number of aromatic nitrogens is 1. The molecule has 1 aromatic carbocycles. The summed E-state index contributed by atoms with van der Waals surface area (Å²) in [6.45, 7) is 2.39. The lowest BCUT2D eigenvalue weighted by Crippen LogP contribution is -2.20. The van der Waals surface area contributed by atoms with Gasteiger partial charge in [-0.05, 0) is 36.2 Å². The Bertz CT molecular complexity index is 740. The fourth-order valence-corrected chi connectivity index (χ4v) is 2.14. The number of ether oxygens (including phenoxy) is 1. The second-order valence-corrected chi connectivity index (χ2v) is 5.12. The summed E-state index contributed by atoms with van der Waals surface area (Å²) in [5.74, 6) is 0.976. The highest BCUT2D eigenvalue weighted by Crippen LogP contribution is 2.18. The van der Waals surface area contributed by atoms with E-state index >= 15 is 0 Å². The maximum Gasteiger partial charge on any atom is 0.254 e. The van der Waals surface area contributed by atoms with Gasteiger partial charge in [-0.1, -0.05) is 19.1 Å². The topological polar surface area (TPSA) is 87.0 Å². The van der Waals surface area contributed by atoms with Crippen LogP contribution < -0.4 is 15.4 Å². The van der Waals surface area contributed by atoms with Gasteiger partial charge >= 0.3 is 0 Å². The van der Waals surface area contributed by atoms with Crippen molar-refractivity contribution in [2.45, 2.75) is 26.0 Å². The summed E-state index contributed by atoms with van der Waals surface area (Å²) in [7, 11) is 1.58. The smallest absolute Gasteiger partial charge is 0.254 e. The van der Waals surface area contributed by atoms with Crippen molar-refractivity contribution in [2.24, 2.45) is 0 Å². The van der Waals surface area contributed by atoms with Crippen LogP contribution in [0, 0.1) is 11.3 Å². The molecule has 0 aliphatic rings. The summed E-state index contributed by atoms with van der Waals surface area (Å²) in [6, 6.07) is 13.0. The third-order valence-electron chi connectivity index (χ3n) is 3.43. The third-order valence-corrected chi connectivity index (χ3v) is 3.43. The quantitative estimate of drug-likeness (QED) is 0.818. The summed E-state index contributed by atoms with van der Waals surface area (Å²) < 4.78 is 5.62. The number of carbonyl (C=O) groups excluding carboxylic acids is 1. The molecule has 2 rings (SSSR count).